The van der Waals surface area contributed by atoms with Gasteiger partial charge in [-0.1, -0.05) is 36.8 Å². The van der Waals surface area contributed by atoms with E-state index < -0.39 is 18.0 Å². The first kappa shape index (κ1) is 21.6. The Labute approximate surface area is 168 Å². The van der Waals surface area contributed by atoms with Gasteiger partial charge >= 0.3 is 5.97 Å². The van der Waals surface area contributed by atoms with Crippen LogP contribution in [0.15, 0.2) is 35.7 Å². The Morgan fingerprint density at radius 2 is 1.89 bits per heavy atom. The van der Waals surface area contributed by atoms with Crippen LogP contribution in [0.2, 0.25) is 0 Å². The molecule has 2 aromatic rings. The molecule has 1 unspecified atom stereocenters. The van der Waals surface area contributed by atoms with Crippen molar-refractivity contribution in [2.45, 2.75) is 45.6 Å². The van der Waals surface area contributed by atoms with Gasteiger partial charge in [-0.3, -0.25) is 19.7 Å². The van der Waals surface area contributed by atoms with Gasteiger partial charge in [0.05, 0.1) is 5.69 Å². The summed E-state index contributed by atoms with van der Waals surface area (Å²) in [5, 5.41) is 7.71. The number of esters is 1. The zero-order valence-corrected chi connectivity index (χ0v) is 16.9. The summed E-state index contributed by atoms with van der Waals surface area (Å²) >= 11 is 1.32. The second-order valence-electron chi connectivity index (χ2n) is 6.32. The molecular weight excluding hydrogens is 378 g/mol. The van der Waals surface area contributed by atoms with Crippen molar-refractivity contribution in [3.63, 3.8) is 0 Å². The fourth-order valence-corrected chi connectivity index (χ4v) is 3.15. The molecule has 2 amide bonds. The Morgan fingerprint density at radius 1 is 1.14 bits per heavy atom. The van der Waals surface area contributed by atoms with Crippen LogP contribution in [0.5, 0.6) is 0 Å². The lowest BCUT2D eigenvalue weighted by molar-refractivity contribution is -0.153. The van der Waals surface area contributed by atoms with Crippen molar-refractivity contribution in [2.24, 2.45) is 0 Å². The monoisotopic (exact) mass is 403 g/mol. The summed E-state index contributed by atoms with van der Waals surface area (Å²) < 4.78 is 5.18. The molecule has 0 radical (unpaired) electrons. The molecule has 0 spiro atoms. The summed E-state index contributed by atoms with van der Waals surface area (Å²) in [6, 6.07) is 9.67. The van der Waals surface area contributed by atoms with Gasteiger partial charge < -0.3 is 10.1 Å². The number of hydrogen-bond acceptors (Lipinski definition) is 6. The lowest BCUT2D eigenvalue weighted by atomic mass is 10.2. The zero-order valence-electron chi connectivity index (χ0n) is 16.1. The van der Waals surface area contributed by atoms with Crippen LogP contribution >= 0.6 is 11.3 Å². The highest BCUT2D eigenvalue weighted by Crippen LogP contribution is 2.24. The molecule has 0 saturated heterocycles. The molecule has 1 atom stereocenters. The van der Waals surface area contributed by atoms with Crippen molar-refractivity contribution in [1.29, 1.82) is 0 Å². The van der Waals surface area contributed by atoms with Gasteiger partial charge in [0.1, 0.15) is 0 Å². The molecule has 28 heavy (non-hydrogen) atoms. The van der Waals surface area contributed by atoms with E-state index in [1.54, 1.807) is 0 Å². The Balaban J connectivity index is 1.70. The maximum atomic E-state index is 12.2. The van der Waals surface area contributed by atoms with E-state index in [2.05, 4.69) is 15.6 Å². The van der Waals surface area contributed by atoms with Gasteiger partial charge in [0.2, 0.25) is 5.91 Å². The normalized spacial score (nSPS) is 11.5. The minimum Gasteiger partial charge on any atom is -0.453 e. The number of hydrogen-bond donors (Lipinski definition) is 2. The van der Waals surface area contributed by atoms with E-state index in [4.69, 9.17) is 4.74 Å². The highest BCUT2D eigenvalue weighted by Gasteiger charge is 2.19. The summed E-state index contributed by atoms with van der Waals surface area (Å²) in [5.74, 6) is -0.880. The second kappa shape index (κ2) is 11.2. The predicted molar refractivity (Wildman–Crippen MR) is 109 cm³/mol. The van der Waals surface area contributed by atoms with Crippen molar-refractivity contribution < 1.29 is 19.1 Å². The minimum absolute atomic E-state index is 0.0598. The Bertz CT molecular complexity index is 792. The number of rotatable bonds is 10. The molecule has 1 heterocycles. The number of carbonyl (C=O) groups is 3. The topological polar surface area (TPSA) is 97.4 Å². The van der Waals surface area contributed by atoms with Crippen LogP contribution in [0.25, 0.3) is 11.3 Å². The molecule has 0 saturated carbocycles. The molecule has 8 heteroatoms. The molecule has 7 nitrogen and oxygen atoms in total. The van der Waals surface area contributed by atoms with Crippen LogP contribution in [0.4, 0.5) is 5.13 Å². The third kappa shape index (κ3) is 7.48. The molecular formula is C20H25N3O4S. The Morgan fingerprint density at radius 3 is 2.61 bits per heavy atom. The first-order chi connectivity index (χ1) is 13.5. The lowest BCUT2D eigenvalue weighted by Gasteiger charge is -2.12. The van der Waals surface area contributed by atoms with Crippen molar-refractivity contribution in [3.05, 3.63) is 35.7 Å². The van der Waals surface area contributed by atoms with Crippen LogP contribution in [0.3, 0.4) is 0 Å². The molecule has 0 bridgehead atoms. The SMILES string of the molecule is CC(=O)NCCCCCC(=O)OC(C)C(=O)Nc1nc(-c2ccccc2)cs1. The smallest absolute Gasteiger partial charge is 0.306 e. The Hall–Kier alpha value is -2.74. The second-order valence-corrected chi connectivity index (χ2v) is 7.18. The summed E-state index contributed by atoms with van der Waals surface area (Å²) in [4.78, 5) is 39.2. The number of amides is 2. The van der Waals surface area contributed by atoms with Crippen molar-refractivity contribution in [1.82, 2.24) is 10.3 Å². The number of nitrogens with zero attached hydrogens (tertiary/aromatic N) is 1. The van der Waals surface area contributed by atoms with E-state index in [1.165, 1.54) is 25.2 Å². The number of carbonyl (C=O) groups excluding carboxylic acids is 3. The standard InChI is InChI=1S/C20H25N3O4S/c1-14(27-18(25)11-7-4-8-12-21-15(2)24)19(26)23-20-22-17(13-28-20)16-9-5-3-6-10-16/h3,5-6,9-10,13-14H,4,7-8,11-12H2,1-2H3,(H,21,24)(H,22,23,26). The molecule has 0 aliphatic carbocycles. The molecule has 1 aromatic carbocycles. The van der Waals surface area contributed by atoms with E-state index >= 15 is 0 Å². The van der Waals surface area contributed by atoms with Crippen LogP contribution in [0, 0.1) is 0 Å². The third-order valence-corrected chi connectivity index (χ3v) is 4.67. The molecule has 150 valence electrons. The summed E-state index contributed by atoms with van der Waals surface area (Å²) in [7, 11) is 0. The molecule has 2 N–H and O–H groups in total. The summed E-state index contributed by atoms with van der Waals surface area (Å²) in [6.45, 7) is 3.61. The van der Waals surface area contributed by atoms with Gasteiger partial charge in [0.15, 0.2) is 11.2 Å². The van der Waals surface area contributed by atoms with E-state index in [-0.39, 0.29) is 12.3 Å². The number of aromatic nitrogens is 1. The molecule has 2 rings (SSSR count). The maximum Gasteiger partial charge on any atom is 0.306 e. The maximum absolute atomic E-state index is 12.2. The van der Waals surface area contributed by atoms with Gasteiger partial charge in [0.25, 0.3) is 5.91 Å². The van der Waals surface area contributed by atoms with Crippen LogP contribution in [-0.4, -0.2) is 35.4 Å². The van der Waals surface area contributed by atoms with Crippen molar-refractivity contribution in [2.75, 3.05) is 11.9 Å². The summed E-state index contributed by atoms with van der Waals surface area (Å²) in [5.41, 5.74) is 1.75. The predicted octanol–water partition coefficient (Wildman–Crippen LogP) is 3.38. The van der Waals surface area contributed by atoms with Gasteiger partial charge in [-0.05, 0) is 19.8 Å². The molecule has 0 aliphatic heterocycles. The first-order valence-corrected chi connectivity index (χ1v) is 10.1. The summed E-state index contributed by atoms with van der Waals surface area (Å²) in [6.07, 6.45) is 1.61. The molecule has 0 fully saturated rings. The van der Waals surface area contributed by atoms with Crippen molar-refractivity contribution >= 4 is 34.3 Å². The third-order valence-electron chi connectivity index (χ3n) is 3.91. The average molecular weight is 404 g/mol. The quantitative estimate of drug-likeness (QED) is 0.468. The zero-order chi connectivity index (χ0) is 20.4. The molecule has 1 aromatic heterocycles. The number of anilines is 1. The fourth-order valence-electron chi connectivity index (χ4n) is 2.42. The van der Waals surface area contributed by atoms with Gasteiger partial charge in [-0.15, -0.1) is 11.3 Å². The largest absolute Gasteiger partial charge is 0.453 e. The van der Waals surface area contributed by atoms with E-state index in [9.17, 15) is 14.4 Å². The van der Waals surface area contributed by atoms with E-state index in [1.807, 2.05) is 35.7 Å². The Kier molecular flexibility index (Phi) is 8.61. The molecule has 0 aliphatic rings. The number of nitrogens with one attached hydrogen (secondary N) is 2. The van der Waals surface area contributed by atoms with E-state index in [0.717, 1.165) is 24.1 Å². The fraction of sp³-hybridized carbons (Fsp3) is 0.400. The van der Waals surface area contributed by atoms with Crippen LogP contribution < -0.4 is 10.6 Å². The minimum atomic E-state index is -0.893. The highest BCUT2D eigenvalue weighted by molar-refractivity contribution is 7.14. The highest BCUT2D eigenvalue weighted by atomic mass is 32.1. The van der Waals surface area contributed by atoms with Crippen LogP contribution in [0.1, 0.15) is 39.5 Å². The van der Waals surface area contributed by atoms with Gasteiger partial charge in [0, 0.05) is 30.8 Å². The number of unbranched alkanes of at least 4 members (excludes halogenated alkanes) is 2. The number of benzene rings is 1. The average Bonchev–Trinajstić information content (AvgIpc) is 3.13. The lowest BCUT2D eigenvalue weighted by Crippen LogP contribution is -2.29. The van der Waals surface area contributed by atoms with Crippen molar-refractivity contribution in [3.8, 4) is 11.3 Å². The van der Waals surface area contributed by atoms with Gasteiger partial charge in [-0.25, -0.2) is 4.98 Å². The van der Waals surface area contributed by atoms with Gasteiger partial charge in [-0.2, -0.15) is 0 Å². The number of ether oxygens (including phenoxy) is 1. The van der Waals surface area contributed by atoms with Crippen LogP contribution in [-0.2, 0) is 19.1 Å². The van der Waals surface area contributed by atoms with E-state index in [0.29, 0.717) is 18.1 Å². The first-order valence-electron chi connectivity index (χ1n) is 9.21. The number of thiazole rings is 1.